The molecular weight excluding hydrogens is 384 g/mol. The maximum atomic E-state index is 12.8. The summed E-state index contributed by atoms with van der Waals surface area (Å²) >= 11 is 0. The van der Waals surface area contributed by atoms with E-state index in [9.17, 15) is 4.79 Å². The largest absolute Gasteiger partial charge is 0.322 e. The monoisotopic (exact) mass is 418 g/mol. The Morgan fingerprint density at radius 1 is 0.935 bits per heavy atom. The number of carbonyl (C=O) groups is 1. The fourth-order valence-corrected chi connectivity index (χ4v) is 3.86. The van der Waals surface area contributed by atoms with Crippen LogP contribution in [-0.4, -0.2) is 22.2 Å². The smallest absolute Gasteiger partial charge is 0.238 e. The first-order valence-electron chi connectivity index (χ1n) is 11.0. The average Bonchev–Trinajstić information content (AvgIpc) is 3.03. The molecule has 1 aromatic heterocycles. The standard InChI is InChI=1S/C26H34N4O/c1-17(2)21-12-14-22(15-13-21)25(18(3)4)27-16-24(31)28-26-19(5)29-30(20(26)6)23-10-8-7-9-11-23/h7-15,17-18,25,27H,16H2,1-6H3,(H,28,31)/t25-/m0/s1. The van der Waals surface area contributed by atoms with Gasteiger partial charge in [-0.1, -0.05) is 70.2 Å². The molecule has 1 atom stereocenters. The molecule has 0 aliphatic carbocycles. The number of aromatic nitrogens is 2. The van der Waals surface area contributed by atoms with Gasteiger partial charge in [0.15, 0.2) is 0 Å². The van der Waals surface area contributed by atoms with Crippen LogP contribution in [0.2, 0.25) is 0 Å². The fourth-order valence-electron chi connectivity index (χ4n) is 3.86. The number of carbonyl (C=O) groups excluding carboxylic acids is 1. The summed E-state index contributed by atoms with van der Waals surface area (Å²) < 4.78 is 1.87. The lowest BCUT2D eigenvalue weighted by atomic mass is 9.93. The van der Waals surface area contributed by atoms with E-state index in [-0.39, 0.29) is 18.5 Å². The molecule has 0 saturated heterocycles. The zero-order chi connectivity index (χ0) is 22.5. The molecule has 0 aliphatic rings. The zero-order valence-electron chi connectivity index (χ0n) is 19.4. The van der Waals surface area contributed by atoms with Crippen molar-refractivity contribution >= 4 is 11.6 Å². The normalized spacial score (nSPS) is 12.4. The molecule has 0 unspecified atom stereocenters. The minimum Gasteiger partial charge on any atom is -0.322 e. The number of anilines is 1. The maximum Gasteiger partial charge on any atom is 0.238 e. The molecule has 0 spiro atoms. The summed E-state index contributed by atoms with van der Waals surface area (Å²) in [5.41, 5.74) is 6.01. The first kappa shape index (κ1) is 22.8. The Bertz CT molecular complexity index is 1000. The molecule has 2 aromatic carbocycles. The van der Waals surface area contributed by atoms with Crippen LogP contribution in [0.5, 0.6) is 0 Å². The minimum atomic E-state index is -0.0664. The van der Waals surface area contributed by atoms with Crippen molar-refractivity contribution in [2.75, 3.05) is 11.9 Å². The van der Waals surface area contributed by atoms with Crippen LogP contribution in [0.15, 0.2) is 54.6 Å². The molecule has 31 heavy (non-hydrogen) atoms. The first-order chi connectivity index (χ1) is 14.8. The van der Waals surface area contributed by atoms with Gasteiger partial charge in [0.05, 0.1) is 29.3 Å². The number of amides is 1. The lowest BCUT2D eigenvalue weighted by Crippen LogP contribution is -2.33. The van der Waals surface area contributed by atoms with Gasteiger partial charge in [-0.3, -0.25) is 4.79 Å². The highest BCUT2D eigenvalue weighted by Crippen LogP contribution is 2.25. The molecule has 3 rings (SSSR count). The van der Waals surface area contributed by atoms with Crippen molar-refractivity contribution in [1.29, 1.82) is 0 Å². The van der Waals surface area contributed by atoms with Crippen molar-refractivity contribution in [2.45, 2.75) is 53.5 Å². The van der Waals surface area contributed by atoms with Crippen molar-refractivity contribution in [3.8, 4) is 5.69 Å². The summed E-state index contributed by atoms with van der Waals surface area (Å²) in [5, 5.41) is 11.1. The van der Waals surface area contributed by atoms with E-state index in [1.807, 2.05) is 48.9 Å². The summed E-state index contributed by atoms with van der Waals surface area (Å²) in [6, 6.07) is 18.8. The third-order valence-corrected chi connectivity index (χ3v) is 5.67. The molecule has 3 aromatic rings. The van der Waals surface area contributed by atoms with Crippen LogP contribution in [0, 0.1) is 19.8 Å². The molecule has 0 saturated carbocycles. The first-order valence-corrected chi connectivity index (χ1v) is 11.0. The molecule has 5 heteroatoms. The lowest BCUT2D eigenvalue weighted by Gasteiger charge is -2.23. The van der Waals surface area contributed by atoms with E-state index >= 15 is 0 Å². The molecule has 2 N–H and O–H groups in total. The molecule has 164 valence electrons. The van der Waals surface area contributed by atoms with E-state index < -0.39 is 0 Å². The van der Waals surface area contributed by atoms with Gasteiger partial charge in [0.2, 0.25) is 5.91 Å². The van der Waals surface area contributed by atoms with Crippen molar-refractivity contribution in [3.63, 3.8) is 0 Å². The van der Waals surface area contributed by atoms with E-state index in [4.69, 9.17) is 0 Å². The molecule has 0 bridgehead atoms. The molecule has 0 aliphatic heterocycles. The molecule has 0 radical (unpaired) electrons. The number of nitrogens with zero attached hydrogens (tertiary/aromatic N) is 2. The van der Waals surface area contributed by atoms with Gasteiger partial charge >= 0.3 is 0 Å². The summed E-state index contributed by atoms with van der Waals surface area (Å²) in [6.07, 6.45) is 0. The predicted molar refractivity (Wildman–Crippen MR) is 128 cm³/mol. The number of nitrogens with one attached hydrogen (secondary N) is 2. The molecule has 5 nitrogen and oxygen atoms in total. The quantitative estimate of drug-likeness (QED) is 0.505. The Kier molecular flexibility index (Phi) is 7.29. The maximum absolute atomic E-state index is 12.8. The Morgan fingerprint density at radius 3 is 2.13 bits per heavy atom. The second-order valence-electron chi connectivity index (χ2n) is 8.77. The Labute approximate surface area is 185 Å². The van der Waals surface area contributed by atoms with Crippen LogP contribution >= 0.6 is 0 Å². The Balaban J connectivity index is 1.68. The third-order valence-electron chi connectivity index (χ3n) is 5.67. The molecule has 0 fully saturated rings. The van der Waals surface area contributed by atoms with Gasteiger partial charge in [-0.15, -0.1) is 0 Å². The van der Waals surface area contributed by atoms with Crippen molar-refractivity contribution in [1.82, 2.24) is 15.1 Å². The van der Waals surface area contributed by atoms with Crippen molar-refractivity contribution in [2.24, 2.45) is 5.92 Å². The second-order valence-corrected chi connectivity index (χ2v) is 8.77. The summed E-state index contributed by atoms with van der Waals surface area (Å²) in [5.74, 6) is 0.804. The number of aryl methyl sites for hydroxylation is 1. The zero-order valence-corrected chi connectivity index (χ0v) is 19.4. The fraction of sp³-hybridized carbons (Fsp3) is 0.385. The molecular formula is C26H34N4O. The average molecular weight is 419 g/mol. The summed E-state index contributed by atoms with van der Waals surface area (Å²) in [7, 11) is 0. The van der Waals surface area contributed by atoms with Crippen LogP contribution in [0.1, 0.15) is 62.2 Å². The van der Waals surface area contributed by atoms with E-state index in [1.54, 1.807) is 0 Å². The van der Waals surface area contributed by atoms with Crippen LogP contribution in [0.25, 0.3) is 5.69 Å². The van der Waals surface area contributed by atoms with Gasteiger partial charge in [-0.05, 0) is 48.9 Å². The third kappa shape index (κ3) is 5.42. The highest BCUT2D eigenvalue weighted by Gasteiger charge is 2.19. The van der Waals surface area contributed by atoms with Crippen LogP contribution in [0.3, 0.4) is 0 Å². The number of benzene rings is 2. The van der Waals surface area contributed by atoms with Crippen LogP contribution in [0.4, 0.5) is 5.69 Å². The van der Waals surface area contributed by atoms with Crippen LogP contribution in [-0.2, 0) is 4.79 Å². The van der Waals surface area contributed by atoms with Gasteiger partial charge in [0.25, 0.3) is 0 Å². The number of rotatable bonds is 8. The lowest BCUT2D eigenvalue weighted by molar-refractivity contribution is -0.115. The number of para-hydroxylation sites is 1. The van der Waals surface area contributed by atoms with Gasteiger partial charge in [-0.2, -0.15) is 5.10 Å². The van der Waals surface area contributed by atoms with E-state index in [0.29, 0.717) is 11.8 Å². The van der Waals surface area contributed by atoms with E-state index in [2.05, 4.69) is 67.7 Å². The number of hydrogen-bond donors (Lipinski definition) is 2. The van der Waals surface area contributed by atoms with Crippen molar-refractivity contribution in [3.05, 3.63) is 77.1 Å². The Hall–Kier alpha value is -2.92. The molecule has 1 amide bonds. The Morgan fingerprint density at radius 2 is 1.55 bits per heavy atom. The highest BCUT2D eigenvalue weighted by atomic mass is 16.1. The van der Waals surface area contributed by atoms with Crippen LogP contribution < -0.4 is 10.6 Å². The van der Waals surface area contributed by atoms with Gasteiger partial charge in [0.1, 0.15) is 0 Å². The number of hydrogen-bond acceptors (Lipinski definition) is 3. The van der Waals surface area contributed by atoms with Crippen molar-refractivity contribution < 1.29 is 4.79 Å². The van der Waals surface area contributed by atoms with E-state index in [0.717, 1.165) is 22.8 Å². The van der Waals surface area contributed by atoms with E-state index in [1.165, 1.54) is 11.1 Å². The minimum absolute atomic E-state index is 0.0664. The topological polar surface area (TPSA) is 59.0 Å². The molecule has 1 heterocycles. The summed E-state index contributed by atoms with van der Waals surface area (Å²) in [6.45, 7) is 12.9. The van der Waals surface area contributed by atoms with Gasteiger partial charge in [0, 0.05) is 6.04 Å². The second kappa shape index (κ2) is 9.92. The highest BCUT2D eigenvalue weighted by molar-refractivity contribution is 5.93. The SMILES string of the molecule is Cc1nn(-c2ccccc2)c(C)c1NC(=O)CN[C@H](c1ccc(C(C)C)cc1)C(C)C. The van der Waals surface area contributed by atoms with Gasteiger partial charge in [-0.25, -0.2) is 4.68 Å². The predicted octanol–water partition coefficient (Wildman–Crippen LogP) is 5.54. The van der Waals surface area contributed by atoms with Gasteiger partial charge < -0.3 is 10.6 Å². The summed E-state index contributed by atoms with van der Waals surface area (Å²) in [4.78, 5) is 12.8.